The van der Waals surface area contributed by atoms with Crippen molar-refractivity contribution in [3.05, 3.63) is 40.9 Å². The smallest absolute Gasteiger partial charge is 0.191 e. The molecule has 1 aromatic carbocycles. The van der Waals surface area contributed by atoms with Crippen LogP contribution in [-0.2, 0) is 6.54 Å². The van der Waals surface area contributed by atoms with Gasteiger partial charge in [0.15, 0.2) is 11.1 Å². The van der Waals surface area contributed by atoms with Crippen molar-refractivity contribution in [1.82, 2.24) is 20.5 Å². The van der Waals surface area contributed by atoms with Crippen LogP contribution in [0.2, 0.25) is 0 Å². The van der Waals surface area contributed by atoms with Crippen LogP contribution < -0.4 is 20.3 Å². The minimum absolute atomic E-state index is 0. The first-order valence-electron chi connectivity index (χ1n) is 10.5. The van der Waals surface area contributed by atoms with Crippen molar-refractivity contribution in [2.45, 2.75) is 31.8 Å². The van der Waals surface area contributed by atoms with Gasteiger partial charge in [-0.25, -0.2) is 4.98 Å². The van der Waals surface area contributed by atoms with Gasteiger partial charge in [-0.3, -0.25) is 9.89 Å². The van der Waals surface area contributed by atoms with Gasteiger partial charge >= 0.3 is 0 Å². The first-order valence-corrected chi connectivity index (χ1v) is 11.4. The van der Waals surface area contributed by atoms with E-state index in [-0.39, 0.29) is 24.0 Å². The molecule has 3 rings (SSSR count). The fraction of sp³-hybridized carbons (Fsp3) is 0.545. The van der Waals surface area contributed by atoms with Crippen LogP contribution in [0.25, 0.3) is 0 Å². The van der Waals surface area contributed by atoms with E-state index in [1.54, 1.807) is 18.4 Å². The molecule has 1 atom stereocenters. The number of hydrogen-bond acceptors (Lipinski definition) is 6. The molecule has 9 heteroatoms. The summed E-state index contributed by atoms with van der Waals surface area (Å²) < 4.78 is 5.33. The molecule has 1 aliphatic rings. The summed E-state index contributed by atoms with van der Waals surface area (Å²) in [5.41, 5.74) is 2.32. The number of aromatic nitrogens is 1. The summed E-state index contributed by atoms with van der Waals surface area (Å²) in [6, 6.07) is 8.74. The number of methoxy groups -OCH3 is 1. The van der Waals surface area contributed by atoms with Gasteiger partial charge in [0.25, 0.3) is 0 Å². The zero-order chi connectivity index (χ0) is 21.3. The molecular formula is C22H35IN6OS. The largest absolute Gasteiger partial charge is 0.497 e. The molecule has 2 N–H and O–H groups in total. The monoisotopic (exact) mass is 558 g/mol. The summed E-state index contributed by atoms with van der Waals surface area (Å²) in [5.74, 6) is 1.69. The van der Waals surface area contributed by atoms with Crippen molar-refractivity contribution in [2.75, 3.05) is 52.8 Å². The average molecular weight is 559 g/mol. The molecule has 0 radical (unpaired) electrons. The van der Waals surface area contributed by atoms with E-state index < -0.39 is 0 Å². The average Bonchev–Trinajstić information content (AvgIpc) is 3.26. The van der Waals surface area contributed by atoms with Gasteiger partial charge in [0.2, 0.25) is 0 Å². The molecule has 1 saturated heterocycles. The predicted molar refractivity (Wildman–Crippen MR) is 141 cm³/mol. The number of aliphatic imine (C=N–C) groups is 1. The molecule has 0 bridgehead atoms. The number of hydrogen-bond donors (Lipinski definition) is 2. The lowest BCUT2D eigenvalue weighted by Gasteiger charge is -2.35. The van der Waals surface area contributed by atoms with Crippen molar-refractivity contribution < 1.29 is 4.74 Å². The fourth-order valence-corrected chi connectivity index (χ4v) is 4.44. The maximum absolute atomic E-state index is 5.33. The Morgan fingerprint density at radius 2 is 1.90 bits per heavy atom. The zero-order valence-electron chi connectivity index (χ0n) is 18.9. The van der Waals surface area contributed by atoms with Gasteiger partial charge in [-0.2, -0.15) is 0 Å². The van der Waals surface area contributed by atoms with Gasteiger partial charge in [-0.15, -0.1) is 35.3 Å². The lowest BCUT2D eigenvalue weighted by Crippen LogP contribution is -2.44. The number of piperidine rings is 1. The molecule has 0 saturated carbocycles. The molecule has 0 amide bonds. The summed E-state index contributed by atoms with van der Waals surface area (Å²) in [6.45, 7) is 3.72. The highest BCUT2D eigenvalue weighted by atomic mass is 127. The van der Waals surface area contributed by atoms with Gasteiger partial charge in [0.1, 0.15) is 5.75 Å². The fourth-order valence-electron chi connectivity index (χ4n) is 3.68. The van der Waals surface area contributed by atoms with Crippen LogP contribution in [0.4, 0.5) is 5.13 Å². The minimum Gasteiger partial charge on any atom is -0.497 e. The number of nitrogens with zero attached hydrogens (tertiary/aromatic N) is 4. The number of guanidine groups is 1. The third-order valence-corrected chi connectivity index (χ3v) is 6.43. The summed E-state index contributed by atoms with van der Waals surface area (Å²) in [5, 5.41) is 10.0. The lowest BCUT2D eigenvalue weighted by molar-refractivity contribution is 0.164. The second kappa shape index (κ2) is 13.1. The number of likely N-dealkylation sites (tertiary alicyclic amines) is 1. The van der Waals surface area contributed by atoms with Crippen molar-refractivity contribution in [3.8, 4) is 5.75 Å². The van der Waals surface area contributed by atoms with Crippen molar-refractivity contribution in [3.63, 3.8) is 0 Å². The number of thiazole rings is 1. The molecular weight excluding hydrogens is 523 g/mol. The Morgan fingerprint density at radius 3 is 2.48 bits per heavy atom. The first-order chi connectivity index (χ1) is 14.6. The quantitative estimate of drug-likeness (QED) is 0.293. The summed E-state index contributed by atoms with van der Waals surface area (Å²) in [6.07, 6.45) is 3.85. The van der Waals surface area contributed by atoms with E-state index in [0.717, 1.165) is 42.2 Å². The van der Waals surface area contributed by atoms with E-state index in [9.17, 15) is 0 Å². The minimum atomic E-state index is 0. The number of ether oxygens (including phenoxy) is 1. The molecule has 2 heterocycles. The van der Waals surface area contributed by atoms with E-state index in [2.05, 4.69) is 43.0 Å². The van der Waals surface area contributed by atoms with E-state index >= 15 is 0 Å². The van der Waals surface area contributed by atoms with Crippen LogP contribution in [0.3, 0.4) is 0 Å². The number of anilines is 1. The second-order valence-corrected chi connectivity index (χ2v) is 8.54. The van der Waals surface area contributed by atoms with Crippen LogP contribution >= 0.6 is 35.3 Å². The van der Waals surface area contributed by atoms with Crippen molar-refractivity contribution >= 4 is 46.4 Å². The number of nitrogens with one attached hydrogen (secondary N) is 2. The van der Waals surface area contributed by atoms with E-state index in [1.807, 2.05) is 38.2 Å². The Morgan fingerprint density at radius 1 is 1.19 bits per heavy atom. The van der Waals surface area contributed by atoms with Crippen molar-refractivity contribution in [1.29, 1.82) is 0 Å². The Bertz CT molecular complexity index is 805. The van der Waals surface area contributed by atoms with E-state index in [0.29, 0.717) is 12.6 Å². The van der Waals surface area contributed by atoms with E-state index in [1.165, 1.54) is 24.8 Å². The van der Waals surface area contributed by atoms with Gasteiger partial charge in [-0.05, 0) is 43.6 Å². The Hall–Kier alpha value is -1.59. The number of halogens is 1. The number of benzene rings is 1. The van der Waals surface area contributed by atoms with Gasteiger partial charge < -0.3 is 20.3 Å². The third-order valence-electron chi connectivity index (χ3n) is 5.38. The van der Waals surface area contributed by atoms with Gasteiger partial charge in [-0.1, -0.05) is 18.6 Å². The number of rotatable bonds is 8. The van der Waals surface area contributed by atoms with Crippen LogP contribution in [0, 0.1) is 0 Å². The summed E-state index contributed by atoms with van der Waals surface area (Å²) in [4.78, 5) is 13.6. The summed E-state index contributed by atoms with van der Waals surface area (Å²) >= 11 is 1.65. The van der Waals surface area contributed by atoms with Crippen LogP contribution in [0.5, 0.6) is 5.75 Å². The Kier molecular flexibility index (Phi) is 10.8. The SMILES string of the molecule is CN=C(NCc1csc(N(C)C)n1)NCC(c1ccc(OC)cc1)N1CCCCC1.I. The molecule has 7 nitrogen and oxygen atoms in total. The standard InChI is InChI=1S/C22H34N6OS.HI/c1-23-21(24-14-18-16-30-22(26-18)27(2)3)25-15-20(28-12-6-5-7-13-28)17-8-10-19(29-4)11-9-17;/h8-11,16,20H,5-7,12-15H2,1-4H3,(H2,23,24,25);1H. The third kappa shape index (κ3) is 7.50. The normalized spacial score (nSPS) is 15.7. The molecule has 0 spiro atoms. The van der Waals surface area contributed by atoms with Crippen LogP contribution in [-0.4, -0.2) is 63.7 Å². The van der Waals surface area contributed by atoms with Crippen LogP contribution in [0.15, 0.2) is 34.6 Å². The predicted octanol–water partition coefficient (Wildman–Crippen LogP) is 3.73. The molecule has 0 aliphatic carbocycles. The molecule has 1 aliphatic heterocycles. The highest BCUT2D eigenvalue weighted by molar-refractivity contribution is 14.0. The van der Waals surface area contributed by atoms with E-state index in [4.69, 9.17) is 4.74 Å². The van der Waals surface area contributed by atoms with Crippen molar-refractivity contribution in [2.24, 2.45) is 4.99 Å². The zero-order valence-corrected chi connectivity index (χ0v) is 22.1. The maximum atomic E-state index is 5.33. The van der Waals surface area contributed by atoms with Gasteiger partial charge in [0.05, 0.1) is 25.4 Å². The molecule has 1 aromatic heterocycles. The Balaban J connectivity index is 0.00000341. The molecule has 1 unspecified atom stereocenters. The molecule has 2 aromatic rings. The van der Waals surface area contributed by atoms with Crippen LogP contribution in [0.1, 0.15) is 36.6 Å². The first kappa shape index (κ1) is 25.7. The Labute approximate surface area is 207 Å². The van der Waals surface area contributed by atoms with Gasteiger partial charge in [0, 0.05) is 33.1 Å². The highest BCUT2D eigenvalue weighted by Crippen LogP contribution is 2.26. The second-order valence-electron chi connectivity index (χ2n) is 7.71. The molecule has 1 fully saturated rings. The summed E-state index contributed by atoms with van der Waals surface area (Å²) in [7, 11) is 7.54. The molecule has 31 heavy (non-hydrogen) atoms. The molecule has 172 valence electrons. The maximum Gasteiger partial charge on any atom is 0.191 e. The highest BCUT2D eigenvalue weighted by Gasteiger charge is 2.22. The topological polar surface area (TPSA) is 65.0 Å². The lowest BCUT2D eigenvalue weighted by atomic mass is 10.0.